The molecule has 0 unspecified atom stereocenters. The van der Waals surface area contributed by atoms with Crippen LogP contribution < -0.4 is 0 Å². The lowest BCUT2D eigenvalue weighted by Gasteiger charge is -2.08. The molecule has 0 amide bonds. The summed E-state index contributed by atoms with van der Waals surface area (Å²) in [5.41, 5.74) is 0.984. The van der Waals surface area contributed by atoms with Crippen molar-refractivity contribution in [1.29, 1.82) is 0 Å². The first-order chi connectivity index (χ1) is 8.69. The highest BCUT2D eigenvalue weighted by atomic mass is 79.9. The van der Waals surface area contributed by atoms with Gasteiger partial charge in [0.15, 0.2) is 0 Å². The molecule has 1 nitrogen and oxygen atoms in total. The standard InChI is InChI=1S/C15H15BrOS/c1-2-15(17)11-3-7-13(8-4-11)18-14-9-5-12(16)6-10-14/h3-10,15,17H,2H2,1H3/t15-/m0/s1. The van der Waals surface area contributed by atoms with E-state index in [1.165, 1.54) is 9.79 Å². The molecule has 0 saturated heterocycles. The van der Waals surface area contributed by atoms with Crippen LogP contribution in [0, 0.1) is 0 Å². The predicted molar refractivity (Wildman–Crippen MR) is 80.0 cm³/mol. The second-order valence-corrected chi connectivity index (χ2v) is 6.11. The van der Waals surface area contributed by atoms with Gasteiger partial charge in [0.05, 0.1) is 6.10 Å². The molecular formula is C15H15BrOS. The van der Waals surface area contributed by atoms with Gasteiger partial charge in [0.1, 0.15) is 0 Å². The zero-order chi connectivity index (χ0) is 13.0. The monoisotopic (exact) mass is 322 g/mol. The maximum atomic E-state index is 9.73. The molecular weight excluding hydrogens is 308 g/mol. The van der Waals surface area contributed by atoms with Gasteiger partial charge in [-0.1, -0.05) is 46.7 Å². The molecule has 1 N–H and O–H groups in total. The molecule has 18 heavy (non-hydrogen) atoms. The van der Waals surface area contributed by atoms with Crippen LogP contribution in [0.5, 0.6) is 0 Å². The van der Waals surface area contributed by atoms with Crippen molar-refractivity contribution >= 4 is 27.7 Å². The quantitative estimate of drug-likeness (QED) is 0.850. The number of benzene rings is 2. The zero-order valence-electron chi connectivity index (χ0n) is 10.1. The zero-order valence-corrected chi connectivity index (χ0v) is 12.5. The summed E-state index contributed by atoms with van der Waals surface area (Å²) >= 11 is 5.15. The van der Waals surface area contributed by atoms with Crippen LogP contribution in [0.25, 0.3) is 0 Å². The minimum atomic E-state index is -0.350. The number of hydrogen-bond acceptors (Lipinski definition) is 2. The molecule has 0 aliphatic heterocycles. The topological polar surface area (TPSA) is 20.2 Å². The second-order valence-electron chi connectivity index (χ2n) is 4.05. The van der Waals surface area contributed by atoms with Crippen LogP contribution in [0.2, 0.25) is 0 Å². The summed E-state index contributed by atoms with van der Waals surface area (Å²) in [6.45, 7) is 1.98. The summed E-state index contributed by atoms with van der Waals surface area (Å²) in [7, 11) is 0. The fraction of sp³-hybridized carbons (Fsp3) is 0.200. The number of halogens is 1. The fourth-order valence-corrected chi connectivity index (χ4v) is 2.71. The Morgan fingerprint density at radius 3 is 2.00 bits per heavy atom. The van der Waals surface area contributed by atoms with Crippen LogP contribution in [-0.4, -0.2) is 5.11 Å². The molecule has 2 rings (SSSR count). The van der Waals surface area contributed by atoms with E-state index in [1.807, 2.05) is 31.2 Å². The van der Waals surface area contributed by atoms with Gasteiger partial charge in [-0.05, 0) is 48.4 Å². The molecule has 2 aromatic rings. The van der Waals surface area contributed by atoms with E-state index in [0.717, 1.165) is 16.5 Å². The molecule has 2 aromatic carbocycles. The van der Waals surface area contributed by atoms with Crippen molar-refractivity contribution in [1.82, 2.24) is 0 Å². The van der Waals surface area contributed by atoms with E-state index in [1.54, 1.807) is 11.8 Å². The number of rotatable bonds is 4. The van der Waals surface area contributed by atoms with Gasteiger partial charge >= 0.3 is 0 Å². The minimum absolute atomic E-state index is 0.350. The molecule has 0 bridgehead atoms. The van der Waals surface area contributed by atoms with E-state index in [4.69, 9.17) is 0 Å². The lowest BCUT2D eigenvalue weighted by Crippen LogP contribution is -1.93. The summed E-state index contributed by atoms with van der Waals surface area (Å²) in [6.07, 6.45) is 0.399. The Morgan fingerprint density at radius 2 is 1.50 bits per heavy atom. The number of aliphatic hydroxyl groups is 1. The van der Waals surface area contributed by atoms with Gasteiger partial charge in [0.25, 0.3) is 0 Å². The molecule has 0 aliphatic rings. The van der Waals surface area contributed by atoms with Crippen molar-refractivity contribution in [3.63, 3.8) is 0 Å². The Bertz CT molecular complexity index is 493. The highest BCUT2D eigenvalue weighted by Gasteiger charge is 2.04. The van der Waals surface area contributed by atoms with Crippen LogP contribution >= 0.6 is 27.7 Å². The van der Waals surface area contributed by atoms with Gasteiger partial charge in [-0.15, -0.1) is 0 Å². The third-order valence-corrected chi connectivity index (χ3v) is 4.25. The van der Waals surface area contributed by atoms with Crippen LogP contribution in [0.4, 0.5) is 0 Å². The molecule has 3 heteroatoms. The third kappa shape index (κ3) is 3.61. The van der Waals surface area contributed by atoms with Crippen molar-refractivity contribution in [2.45, 2.75) is 29.2 Å². The first-order valence-corrected chi connectivity index (χ1v) is 7.51. The van der Waals surface area contributed by atoms with Crippen LogP contribution in [-0.2, 0) is 0 Å². The van der Waals surface area contributed by atoms with E-state index in [9.17, 15) is 5.11 Å². The second kappa shape index (κ2) is 6.41. The maximum Gasteiger partial charge on any atom is 0.0787 e. The van der Waals surface area contributed by atoms with Crippen molar-refractivity contribution in [3.05, 3.63) is 58.6 Å². The molecule has 0 aromatic heterocycles. The van der Waals surface area contributed by atoms with Gasteiger partial charge in [-0.2, -0.15) is 0 Å². The van der Waals surface area contributed by atoms with E-state index >= 15 is 0 Å². The smallest absolute Gasteiger partial charge is 0.0787 e. The van der Waals surface area contributed by atoms with Crippen LogP contribution in [0.1, 0.15) is 25.0 Å². The average molecular weight is 323 g/mol. The highest BCUT2D eigenvalue weighted by Crippen LogP contribution is 2.29. The van der Waals surface area contributed by atoms with Gasteiger partial charge < -0.3 is 5.11 Å². The average Bonchev–Trinajstić information content (AvgIpc) is 2.41. The van der Waals surface area contributed by atoms with Gasteiger partial charge in [0.2, 0.25) is 0 Å². The normalized spacial score (nSPS) is 12.4. The summed E-state index contributed by atoms with van der Waals surface area (Å²) in [6, 6.07) is 16.4. The van der Waals surface area contributed by atoms with Gasteiger partial charge in [0, 0.05) is 14.3 Å². The van der Waals surface area contributed by atoms with E-state index in [0.29, 0.717) is 0 Å². The Morgan fingerprint density at radius 1 is 1.00 bits per heavy atom. The first-order valence-electron chi connectivity index (χ1n) is 5.90. The van der Waals surface area contributed by atoms with Crippen molar-refractivity contribution in [3.8, 4) is 0 Å². The Kier molecular flexibility index (Phi) is 4.87. The summed E-state index contributed by atoms with van der Waals surface area (Å²) in [5.74, 6) is 0. The van der Waals surface area contributed by atoms with Crippen LogP contribution in [0.15, 0.2) is 62.8 Å². The molecule has 94 valence electrons. The summed E-state index contributed by atoms with van der Waals surface area (Å²) < 4.78 is 1.09. The predicted octanol–water partition coefficient (Wildman–Crippen LogP) is 5.04. The van der Waals surface area contributed by atoms with Gasteiger partial charge in [-0.3, -0.25) is 0 Å². The molecule has 0 fully saturated rings. The number of aliphatic hydroxyl groups excluding tert-OH is 1. The van der Waals surface area contributed by atoms with Gasteiger partial charge in [-0.25, -0.2) is 0 Å². The Hall–Kier alpha value is -0.770. The number of hydrogen-bond donors (Lipinski definition) is 1. The maximum absolute atomic E-state index is 9.73. The van der Waals surface area contributed by atoms with E-state index < -0.39 is 0 Å². The molecule has 0 aliphatic carbocycles. The molecule has 1 atom stereocenters. The lowest BCUT2D eigenvalue weighted by atomic mass is 10.1. The van der Waals surface area contributed by atoms with E-state index in [-0.39, 0.29) is 6.10 Å². The Labute approximate surface area is 120 Å². The van der Waals surface area contributed by atoms with Crippen LogP contribution in [0.3, 0.4) is 0 Å². The lowest BCUT2D eigenvalue weighted by molar-refractivity contribution is 0.173. The molecule has 0 radical (unpaired) electrons. The third-order valence-electron chi connectivity index (χ3n) is 2.70. The minimum Gasteiger partial charge on any atom is -0.388 e. The van der Waals surface area contributed by atoms with Crippen molar-refractivity contribution < 1.29 is 5.11 Å². The summed E-state index contributed by atoms with van der Waals surface area (Å²) in [4.78, 5) is 2.39. The Balaban J connectivity index is 2.08. The van der Waals surface area contributed by atoms with E-state index in [2.05, 4.69) is 40.2 Å². The summed E-state index contributed by atoms with van der Waals surface area (Å²) in [5, 5.41) is 9.73. The fourth-order valence-electron chi connectivity index (χ4n) is 1.63. The molecule has 0 spiro atoms. The molecule has 0 heterocycles. The first kappa shape index (κ1) is 13.7. The highest BCUT2D eigenvalue weighted by molar-refractivity contribution is 9.10. The SMILES string of the molecule is CC[C@H](O)c1ccc(Sc2ccc(Br)cc2)cc1. The molecule has 0 saturated carbocycles. The largest absolute Gasteiger partial charge is 0.388 e. The van der Waals surface area contributed by atoms with Crippen molar-refractivity contribution in [2.24, 2.45) is 0 Å². The van der Waals surface area contributed by atoms with Crippen molar-refractivity contribution in [2.75, 3.05) is 0 Å².